The van der Waals surface area contributed by atoms with Crippen molar-refractivity contribution in [2.75, 3.05) is 6.61 Å². The molecule has 0 saturated heterocycles. The fraction of sp³-hybridized carbons (Fsp3) is 0.368. The summed E-state index contributed by atoms with van der Waals surface area (Å²) in [6.07, 6.45) is 4.88. The minimum absolute atomic E-state index is 0.236. The van der Waals surface area contributed by atoms with Crippen molar-refractivity contribution in [2.24, 2.45) is 5.92 Å². The Morgan fingerprint density at radius 3 is 2.67 bits per heavy atom. The van der Waals surface area contributed by atoms with E-state index in [4.69, 9.17) is 9.84 Å². The van der Waals surface area contributed by atoms with Gasteiger partial charge in [-0.05, 0) is 30.4 Å². The molecule has 0 saturated carbocycles. The molecule has 0 unspecified atom stereocenters. The van der Waals surface area contributed by atoms with Gasteiger partial charge in [-0.25, -0.2) is 4.79 Å². The highest BCUT2D eigenvalue weighted by Crippen LogP contribution is 2.19. The van der Waals surface area contributed by atoms with Crippen molar-refractivity contribution in [3.8, 4) is 0 Å². The molecular formula is C19H25NO4. The molecule has 24 heavy (non-hydrogen) atoms. The van der Waals surface area contributed by atoms with E-state index in [-0.39, 0.29) is 12.4 Å². The summed E-state index contributed by atoms with van der Waals surface area (Å²) in [6, 6.07) is 8.06. The van der Waals surface area contributed by atoms with Crippen molar-refractivity contribution in [3.63, 3.8) is 0 Å². The summed E-state index contributed by atoms with van der Waals surface area (Å²) >= 11 is 0. The van der Waals surface area contributed by atoms with Gasteiger partial charge >= 0.3 is 11.9 Å². The van der Waals surface area contributed by atoms with Crippen LogP contribution in [0.25, 0.3) is 10.9 Å². The molecule has 0 aliphatic carbocycles. The zero-order valence-electron chi connectivity index (χ0n) is 14.2. The number of fused-ring (bicyclic) bond motifs is 1. The van der Waals surface area contributed by atoms with Crippen LogP contribution in [0.2, 0.25) is 0 Å². The largest absolute Gasteiger partial charge is 0.481 e. The van der Waals surface area contributed by atoms with Gasteiger partial charge in [0.1, 0.15) is 0 Å². The van der Waals surface area contributed by atoms with Gasteiger partial charge < -0.3 is 14.8 Å². The van der Waals surface area contributed by atoms with Crippen molar-refractivity contribution in [1.82, 2.24) is 4.98 Å². The summed E-state index contributed by atoms with van der Waals surface area (Å²) in [5.41, 5.74) is 2.31. The number of carbonyl (C=O) groups is 2. The lowest BCUT2D eigenvalue weighted by atomic mass is 10.1. The number of nitrogens with one attached hydrogen (secondary N) is 1. The fourth-order valence-electron chi connectivity index (χ4n) is 2.08. The molecular weight excluding hydrogens is 306 g/mol. The van der Waals surface area contributed by atoms with Gasteiger partial charge in [0.05, 0.1) is 6.61 Å². The lowest BCUT2D eigenvalue weighted by Crippen LogP contribution is -2.06. The lowest BCUT2D eigenvalue weighted by molar-refractivity contribution is -0.139. The minimum Gasteiger partial charge on any atom is -0.481 e. The van der Waals surface area contributed by atoms with Crippen LogP contribution in [-0.2, 0) is 20.7 Å². The van der Waals surface area contributed by atoms with Crippen molar-refractivity contribution < 1.29 is 19.4 Å². The molecule has 5 nitrogen and oxygen atoms in total. The maximum Gasteiger partial charge on any atom is 0.330 e. The van der Waals surface area contributed by atoms with Gasteiger partial charge in [-0.1, -0.05) is 38.6 Å². The van der Waals surface area contributed by atoms with Crippen LogP contribution in [0.3, 0.4) is 0 Å². The number of benzene rings is 1. The Kier molecular flexibility index (Phi) is 8.33. The summed E-state index contributed by atoms with van der Waals surface area (Å²) in [5, 5.41) is 9.74. The summed E-state index contributed by atoms with van der Waals surface area (Å²) in [5.74, 6) is -0.674. The standard InChI is InChI=1S/C12H13NO2.C7H12O2/c14-12(15)7-3-4-9-8-13-11-6-2-1-5-10(9)11;1-4-7(8)9-5-6(2)3/h1-2,5-6,8,13H,3-4,7H2,(H,14,15);4,6H,1,5H2,2-3H3. The van der Waals surface area contributed by atoms with Crippen LogP contribution < -0.4 is 0 Å². The summed E-state index contributed by atoms with van der Waals surface area (Å²) < 4.78 is 4.70. The molecule has 2 aromatic rings. The number of aliphatic carboxylic acids is 1. The highest BCUT2D eigenvalue weighted by molar-refractivity contribution is 5.83. The van der Waals surface area contributed by atoms with E-state index in [0.717, 1.165) is 11.9 Å². The predicted molar refractivity (Wildman–Crippen MR) is 94.9 cm³/mol. The Hall–Kier alpha value is -2.56. The van der Waals surface area contributed by atoms with Crippen molar-refractivity contribution in [3.05, 3.63) is 48.7 Å². The number of H-pyrrole nitrogens is 1. The lowest BCUT2D eigenvalue weighted by Gasteiger charge is -2.02. The second kappa shape index (κ2) is 10.3. The molecule has 0 aliphatic rings. The fourth-order valence-corrected chi connectivity index (χ4v) is 2.08. The Balaban J connectivity index is 0.000000277. The van der Waals surface area contributed by atoms with Crippen molar-refractivity contribution in [1.29, 1.82) is 0 Å². The zero-order chi connectivity index (χ0) is 17.9. The van der Waals surface area contributed by atoms with Crippen LogP contribution in [0.1, 0.15) is 32.3 Å². The van der Waals surface area contributed by atoms with E-state index in [0.29, 0.717) is 18.9 Å². The van der Waals surface area contributed by atoms with E-state index >= 15 is 0 Å². The van der Waals surface area contributed by atoms with Crippen molar-refractivity contribution in [2.45, 2.75) is 33.1 Å². The summed E-state index contributed by atoms with van der Waals surface area (Å²) in [7, 11) is 0. The monoisotopic (exact) mass is 331 g/mol. The van der Waals surface area contributed by atoms with Gasteiger partial charge in [-0.3, -0.25) is 4.79 Å². The Labute approximate surface area is 142 Å². The van der Waals surface area contributed by atoms with Gasteiger partial charge in [-0.15, -0.1) is 0 Å². The quantitative estimate of drug-likeness (QED) is 0.595. The van der Waals surface area contributed by atoms with E-state index in [1.165, 1.54) is 17.0 Å². The van der Waals surface area contributed by atoms with Crippen LogP contribution in [-0.4, -0.2) is 28.6 Å². The molecule has 130 valence electrons. The highest BCUT2D eigenvalue weighted by Gasteiger charge is 2.03. The number of para-hydroxylation sites is 1. The second-order valence-corrected chi connectivity index (χ2v) is 5.83. The first-order chi connectivity index (χ1) is 11.4. The Bertz CT molecular complexity index is 673. The molecule has 1 aromatic heterocycles. The van der Waals surface area contributed by atoms with Gasteiger partial charge in [0.2, 0.25) is 0 Å². The van der Waals surface area contributed by atoms with Gasteiger partial charge in [0.15, 0.2) is 0 Å². The molecule has 0 aliphatic heterocycles. The number of hydrogen-bond acceptors (Lipinski definition) is 3. The first kappa shape index (κ1) is 19.5. The Morgan fingerprint density at radius 2 is 2.04 bits per heavy atom. The maximum atomic E-state index is 10.4. The molecule has 5 heteroatoms. The van der Waals surface area contributed by atoms with Crippen molar-refractivity contribution >= 4 is 22.8 Å². The van der Waals surface area contributed by atoms with Crippen LogP contribution in [0.5, 0.6) is 0 Å². The maximum absolute atomic E-state index is 10.4. The minimum atomic E-state index is -0.727. The molecule has 2 N–H and O–H groups in total. The number of rotatable bonds is 7. The molecule has 2 rings (SSSR count). The number of aryl methyl sites for hydroxylation is 1. The molecule has 0 atom stereocenters. The molecule has 1 aromatic carbocycles. The molecule has 0 amide bonds. The number of esters is 1. The smallest absolute Gasteiger partial charge is 0.330 e. The molecule has 0 bridgehead atoms. The first-order valence-electron chi connectivity index (χ1n) is 8.00. The van der Waals surface area contributed by atoms with Gasteiger partial charge in [0.25, 0.3) is 0 Å². The third-order valence-electron chi connectivity index (χ3n) is 3.24. The highest BCUT2D eigenvalue weighted by atomic mass is 16.5. The summed E-state index contributed by atoms with van der Waals surface area (Å²) in [6.45, 7) is 7.71. The summed E-state index contributed by atoms with van der Waals surface area (Å²) in [4.78, 5) is 23.9. The molecule has 0 radical (unpaired) electrons. The van der Waals surface area contributed by atoms with Crippen LogP contribution in [0, 0.1) is 5.92 Å². The normalized spacial score (nSPS) is 10.1. The third-order valence-corrected chi connectivity index (χ3v) is 3.24. The Morgan fingerprint density at radius 1 is 1.33 bits per heavy atom. The number of aromatic nitrogens is 1. The predicted octanol–water partition coefficient (Wildman–Crippen LogP) is 3.95. The number of hydrogen-bond donors (Lipinski definition) is 2. The first-order valence-corrected chi connectivity index (χ1v) is 8.00. The van der Waals surface area contributed by atoms with Crippen LogP contribution >= 0.6 is 0 Å². The number of carbonyl (C=O) groups excluding carboxylic acids is 1. The average Bonchev–Trinajstić information content (AvgIpc) is 2.96. The number of carboxylic acid groups (broad SMARTS) is 1. The third kappa shape index (κ3) is 7.13. The number of aromatic amines is 1. The van der Waals surface area contributed by atoms with Gasteiger partial charge in [-0.2, -0.15) is 0 Å². The van der Waals surface area contributed by atoms with E-state index in [2.05, 4.69) is 17.6 Å². The SMILES string of the molecule is C=CC(=O)OCC(C)C.O=C(O)CCCc1c[nH]c2ccccc12. The van der Waals surface area contributed by atoms with Crippen LogP contribution in [0.4, 0.5) is 0 Å². The second-order valence-electron chi connectivity index (χ2n) is 5.83. The number of carboxylic acids is 1. The van der Waals surface area contributed by atoms with Crippen LogP contribution in [0.15, 0.2) is 43.1 Å². The topological polar surface area (TPSA) is 79.4 Å². The van der Waals surface area contributed by atoms with E-state index in [9.17, 15) is 9.59 Å². The van der Waals surface area contributed by atoms with E-state index in [1.807, 2.05) is 38.2 Å². The van der Waals surface area contributed by atoms with E-state index < -0.39 is 5.97 Å². The molecule has 1 heterocycles. The molecule has 0 spiro atoms. The molecule has 0 fully saturated rings. The van der Waals surface area contributed by atoms with Gasteiger partial charge in [0, 0.05) is 29.6 Å². The zero-order valence-corrected chi connectivity index (χ0v) is 14.2. The average molecular weight is 331 g/mol. The van der Waals surface area contributed by atoms with E-state index in [1.54, 1.807) is 0 Å². The number of ether oxygens (including phenoxy) is 1.